The maximum atomic E-state index is 11.0. The highest BCUT2D eigenvalue weighted by molar-refractivity contribution is 8.15. The number of rotatable bonds is 4. The van der Waals surface area contributed by atoms with E-state index in [0.717, 1.165) is 29.4 Å². The van der Waals surface area contributed by atoms with Crippen LogP contribution >= 0.6 is 11.8 Å². The fraction of sp³-hybridized carbons (Fsp3) is 0.400. The predicted octanol–water partition coefficient (Wildman–Crippen LogP) is 3.06. The largest absolute Gasteiger partial charge is 0.452 e. The van der Waals surface area contributed by atoms with Gasteiger partial charge in [-0.1, -0.05) is 30.8 Å². The zero-order chi connectivity index (χ0) is 15.9. The standard InChI is InChI=1S/C15H20N4O2S/c1-4-13-9-16-14(22-13)17-12-7-5-11(6-8-12)10(2)18-19-15(20)21-3/h5-8,13H,4,9H2,1-3H3,(H,16,17)(H,19,20)/b18-10-/t13-/m1/s1. The lowest BCUT2D eigenvalue weighted by atomic mass is 10.1. The summed E-state index contributed by atoms with van der Waals surface area (Å²) in [5.41, 5.74) is 4.92. The summed E-state index contributed by atoms with van der Waals surface area (Å²) < 4.78 is 4.47. The first-order valence-electron chi connectivity index (χ1n) is 7.09. The highest BCUT2D eigenvalue weighted by Crippen LogP contribution is 2.24. The molecular formula is C15H20N4O2S. The maximum absolute atomic E-state index is 11.0. The van der Waals surface area contributed by atoms with Crippen molar-refractivity contribution in [1.82, 2.24) is 5.43 Å². The number of benzene rings is 1. The number of amides is 1. The van der Waals surface area contributed by atoms with Gasteiger partial charge < -0.3 is 10.1 Å². The minimum absolute atomic E-state index is 0.584. The Bertz CT molecular complexity index is 584. The number of hydrazone groups is 1. The van der Waals surface area contributed by atoms with Crippen LogP contribution in [0.4, 0.5) is 10.5 Å². The van der Waals surface area contributed by atoms with Crippen LogP contribution in [0.2, 0.25) is 0 Å². The molecule has 1 aliphatic rings. The van der Waals surface area contributed by atoms with E-state index in [2.05, 4.69) is 32.5 Å². The Morgan fingerprint density at radius 2 is 2.18 bits per heavy atom. The third kappa shape index (κ3) is 4.49. The molecule has 0 spiro atoms. The molecule has 2 N–H and O–H groups in total. The van der Waals surface area contributed by atoms with Gasteiger partial charge in [-0.2, -0.15) is 5.10 Å². The molecule has 1 amide bonds. The number of nitrogens with zero attached hydrogens (tertiary/aromatic N) is 2. The van der Waals surface area contributed by atoms with Crippen molar-refractivity contribution >= 4 is 34.4 Å². The van der Waals surface area contributed by atoms with Gasteiger partial charge in [0.25, 0.3) is 0 Å². The first-order chi connectivity index (χ1) is 10.6. The SMILES string of the molecule is CC[C@@H]1CN=C(Nc2ccc(/C(C)=N\NC(=O)OC)cc2)S1. The fourth-order valence-corrected chi connectivity index (χ4v) is 2.81. The van der Waals surface area contributed by atoms with Crippen molar-refractivity contribution in [3.05, 3.63) is 29.8 Å². The van der Waals surface area contributed by atoms with Crippen LogP contribution in [0.15, 0.2) is 34.4 Å². The molecule has 2 rings (SSSR count). The average Bonchev–Trinajstić information content (AvgIpc) is 3.00. The lowest BCUT2D eigenvalue weighted by molar-refractivity contribution is 0.171. The topological polar surface area (TPSA) is 75.1 Å². The lowest BCUT2D eigenvalue weighted by Crippen LogP contribution is -2.18. The Balaban J connectivity index is 1.94. The number of anilines is 1. The van der Waals surface area contributed by atoms with Crippen LogP contribution in [-0.2, 0) is 4.74 Å². The molecule has 1 atom stereocenters. The van der Waals surface area contributed by atoms with Gasteiger partial charge in [-0.25, -0.2) is 10.2 Å². The second-order valence-corrected chi connectivity index (χ2v) is 6.09. The van der Waals surface area contributed by atoms with E-state index in [0.29, 0.717) is 11.0 Å². The molecule has 6 nitrogen and oxygen atoms in total. The van der Waals surface area contributed by atoms with Crippen molar-refractivity contribution < 1.29 is 9.53 Å². The summed E-state index contributed by atoms with van der Waals surface area (Å²) in [6.07, 6.45) is 0.542. The molecule has 1 aromatic rings. The molecule has 0 unspecified atom stereocenters. The van der Waals surface area contributed by atoms with E-state index >= 15 is 0 Å². The summed E-state index contributed by atoms with van der Waals surface area (Å²) in [6.45, 7) is 4.88. The van der Waals surface area contributed by atoms with Crippen molar-refractivity contribution in [1.29, 1.82) is 0 Å². The third-order valence-corrected chi connectivity index (χ3v) is 4.50. The van der Waals surface area contributed by atoms with Crippen LogP contribution in [0.3, 0.4) is 0 Å². The van der Waals surface area contributed by atoms with Gasteiger partial charge >= 0.3 is 6.09 Å². The minimum Gasteiger partial charge on any atom is -0.452 e. The second kappa shape index (κ2) is 7.84. The summed E-state index contributed by atoms with van der Waals surface area (Å²) in [7, 11) is 1.30. The van der Waals surface area contributed by atoms with Gasteiger partial charge in [-0.15, -0.1) is 0 Å². The molecule has 0 saturated heterocycles. The fourth-order valence-electron chi connectivity index (χ4n) is 1.86. The lowest BCUT2D eigenvalue weighted by Gasteiger charge is -2.08. The van der Waals surface area contributed by atoms with Crippen LogP contribution < -0.4 is 10.7 Å². The molecule has 1 aromatic carbocycles. The Morgan fingerprint density at radius 1 is 1.45 bits per heavy atom. The van der Waals surface area contributed by atoms with Gasteiger partial charge in [0.15, 0.2) is 5.17 Å². The highest BCUT2D eigenvalue weighted by Gasteiger charge is 2.17. The molecule has 0 aromatic heterocycles. The molecular weight excluding hydrogens is 300 g/mol. The number of carbonyl (C=O) groups excluding carboxylic acids is 1. The molecule has 22 heavy (non-hydrogen) atoms. The second-order valence-electron chi connectivity index (χ2n) is 4.80. The smallest absolute Gasteiger partial charge is 0.427 e. The first kappa shape index (κ1) is 16.4. The van der Waals surface area contributed by atoms with E-state index in [-0.39, 0.29) is 0 Å². The van der Waals surface area contributed by atoms with E-state index in [9.17, 15) is 4.79 Å². The van der Waals surface area contributed by atoms with Crippen molar-refractivity contribution in [2.45, 2.75) is 25.5 Å². The zero-order valence-electron chi connectivity index (χ0n) is 12.9. The van der Waals surface area contributed by atoms with Gasteiger partial charge in [-0.05, 0) is 31.0 Å². The summed E-state index contributed by atoms with van der Waals surface area (Å²) in [5.74, 6) is 0. The average molecular weight is 320 g/mol. The number of ether oxygens (including phenoxy) is 1. The van der Waals surface area contributed by atoms with Crippen LogP contribution in [0, 0.1) is 0 Å². The van der Waals surface area contributed by atoms with Gasteiger partial charge in [0.05, 0.1) is 19.4 Å². The molecule has 0 radical (unpaired) electrons. The van der Waals surface area contributed by atoms with Crippen molar-refractivity contribution in [2.75, 3.05) is 19.0 Å². The Hall–Kier alpha value is -2.02. The summed E-state index contributed by atoms with van der Waals surface area (Å²) >= 11 is 1.78. The maximum Gasteiger partial charge on any atom is 0.427 e. The molecule has 118 valence electrons. The van der Waals surface area contributed by atoms with Crippen LogP contribution in [0.1, 0.15) is 25.8 Å². The number of aliphatic imine (C=N–C) groups is 1. The zero-order valence-corrected chi connectivity index (χ0v) is 13.7. The molecule has 0 bridgehead atoms. The molecule has 0 fully saturated rings. The molecule has 1 heterocycles. The highest BCUT2D eigenvalue weighted by atomic mass is 32.2. The third-order valence-electron chi connectivity index (χ3n) is 3.23. The Labute approximate surface area is 134 Å². The van der Waals surface area contributed by atoms with Crippen molar-refractivity contribution in [2.24, 2.45) is 10.1 Å². The van der Waals surface area contributed by atoms with E-state index in [1.54, 1.807) is 11.8 Å². The Kier molecular flexibility index (Phi) is 5.83. The monoisotopic (exact) mass is 320 g/mol. The van der Waals surface area contributed by atoms with Gasteiger partial charge in [-0.3, -0.25) is 4.99 Å². The van der Waals surface area contributed by atoms with E-state index < -0.39 is 6.09 Å². The first-order valence-corrected chi connectivity index (χ1v) is 7.97. The molecule has 0 saturated carbocycles. The van der Waals surface area contributed by atoms with Gasteiger partial charge in [0.2, 0.25) is 0 Å². The van der Waals surface area contributed by atoms with Crippen molar-refractivity contribution in [3.8, 4) is 0 Å². The summed E-state index contributed by atoms with van der Waals surface area (Å²) in [6, 6.07) is 7.82. The molecule has 7 heteroatoms. The number of nitrogens with one attached hydrogen (secondary N) is 2. The number of hydrogen-bond acceptors (Lipinski definition) is 6. The number of methoxy groups -OCH3 is 1. The van der Waals surface area contributed by atoms with E-state index in [1.165, 1.54) is 7.11 Å². The van der Waals surface area contributed by atoms with Crippen LogP contribution in [0.5, 0.6) is 0 Å². The number of thioether (sulfide) groups is 1. The quantitative estimate of drug-likeness (QED) is 0.660. The van der Waals surface area contributed by atoms with Gasteiger partial charge in [0.1, 0.15) is 0 Å². The minimum atomic E-state index is -0.584. The number of amidine groups is 1. The number of hydrogen-bond donors (Lipinski definition) is 2. The summed E-state index contributed by atoms with van der Waals surface area (Å²) in [5, 5.41) is 8.83. The predicted molar refractivity (Wildman–Crippen MR) is 91.8 cm³/mol. The number of carbonyl (C=O) groups is 1. The van der Waals surface area contributed by atoms with Crippen LogP contribution in [-0.4, -0.2) is 35.9 Å². The van der Waals surface area contributed by atoms with Crippen molar-refractivity contribution in [3.63, 3.8) is 0 Å². The van der Waals surface area contributed by atoms with Crippen LogP contribution in [0.25, 0.3) is 0 Å². The molecule has 1 aliphatic heterocycles. The van der Waals surface area contributed by atoms with E-state index in [4.69, 9.17) is 0 Å². The summed E-state index contributed by atoms with van der Waals surface area (Å²) in [4.78, 5) is 15.5. The Morgan fingerprint density at radius 3 is 2.77 bits per heavy atom. The van der Waals surface area contributed by atoms with E-state index in [1.807, 2.05) is 31.2 Å². The normalized spacial score (nSPS) is 17.9. The molecule has 0 aliphatic carbocycles. The van der Waals surface area contributed by atoms with Gasteiger partial charge in [0, 0.05) is 10.9 Å².